The Labute approximate surface area is 131 Å². The summed E-state index contributed by atoms with van der Waals surface area (Å²) in [6.45, 7) is 0.869. The van der Waals surface area contributed by atoms with Crippen molar-refractivity contribution in [3.63, 3.8) is 0 Å². The number of hydrogen-bond acceptors (Lipinski definition) is 4. The molecule has 1 aliphatic rings. The second kappa shape index (κ2) is 7.51. The van der Waals surface area contributed by atoms with Crippen molar-refractivity contribution in [2.24, 2.45) is 0 Å². The van der Waals surface area contributed by atoms with Crippen LogP contribution in [0.15, 0.2) is 22.7 Å². The number of amides is 1. The van der Waals surface area contributed by atoms with Crippen molar-refractivity contribution in [3.05, 3.63) is 38.3 Å². The first-order valence-electron chi connectivity index (χ1n) is 6.91. The average molecular weight is 357 g/mol. The molecule has 0 saturated heterocycles. The minimum Gasteiger partial charge on any atom is -0.376 e. The van der Waals surface area contributed by atoms with Gasteiger partial charge in [-0.15, -0.1) is 0 Å². The van der Waals surface area contributed by atoms with Crippen LogP contribution in [-0.2, 0) is 4.74 Å². The first-order chi connectivity index (χ1) is 10.1. The van der Waals surface area contributed by atoms with E-state index in [1.54, 1.807) is 6.07 Å². The van der Waals surface area contributed by atoms with Gasteiger partial charge < -0.3 is 10.1 Å². The van der Waals surface area contributed by atoms with E-state index in [4.69, 9.17) is 4.74 Å². The molecule has 6 nitrogen and oxygen atoms in total. The average Bonchev–Trinajstić information content (AvgIpc) is 2.96. The van der Waals surface area contributed by atoms with Gasteiger partial charge in [0.15, 0.2) is 0 Å². The lowest BCUT2D eigenvalue weighted by molar-refractivity contribution is -0.385. The molecule has 1 saturated carbocycles. The largest absolute Gasteiger partial charge is 0.376 e. The van der Waals surface area contributed by atoms with E-state index in [2.05, 4.69) is 21.2 Å². The summed E-state index contributed by atoms with van der Waals surface area (Å²) in [5.41, 5.74) is 0.149. The lowest BCUT2D eigenvalue weighted by Crippen LogP contribution is -2.28. The maximum absolute atomic E-state index is 11.9. The molecule has 0 bridgehead atoms. The van der Waals surface area contributed by atoms with Gasteiger partial charge in [0, 0.05) is 18.2 Å². The Hall–Kier alpha value is -1.47. The van der Waals surface area contributed by atoms with E-state index in [0.717, 1.165) is 12.8 Å². The molecule has 0 heterocycles. The number of nitrogens with zero attached hydrogens (tertiary/aromatic N) is 1. The molecule has 1 amide bonds. The van der Waals surface area contributed by atoms with Crippen LogP contribution in [0.4, 0.5) is 5.69 Å². The minimum absolute atomic E-state index is 0.121. The summed E-state index contributed by atoms with van der Waals surface area (Å²) < 4.78 is 6.00. The second-order valence-electron chi connectivity index (χ2n) is 4.96. The summed E-state index contributed by atoms with van der Waals surface area (Å²) >= 11 is 3.09. The maximum Gasteiger partial charge on any atom is 0.284 e. The molecule has 0 atom stereocenters. The highest BCUT2D eigenvalue weighted by Gasteiger charge is 2.17. The molecular formula is C14H17BrN2O4. The van der Waals surface area contributed by atoms with Crippen LogP contribution in [-0.4, -0.2) is 30.1 Å². The van der Waals surface area contributed by atoms with E-state index in [1.807, 2.05) is 0 Å². The zero-order valence-electron chi connectivity index (χ0n) is 11.5. The molecule has 0 aliphatic heterocycles. The summed E-state index contributed by atoms with van der Waals surface area (Å²) in [6, 6.07) is 4.31. The van der Waals surface area contributed by atoms with Gasteiger partial charge in [0.25, 0.3) is 11.6 Å². The molecule has 114 valence electrons. The van der Waals surface area contributed by atoms with E-state index in [-0.39, 0.29) is 17.2 Å². The zero-order valence-corrected chi connectivity index (χ0v) is 13.1. The summed E-state index contributed by atoms with van der Waals surface area (Å²) in [5, 5.41) is 13.5. The Bertz CT molecular complexity index is 530. The van der Waals surface area contributed by atoms with E-state index in [1.165, 1.54) is 25.0 Å². The van der Waals surface area contributed by atoms with Crippen LogP contribution in [0.3, 0.4) is 0 Å². The standard InChI is InChI=1S/C14H17BrN2O4/c15-12-6-5-10(9-13(12)17(19)20)14(18)16-7-8-21-11-3-1-2-4-11/h5-6,9,11H,1-4,7-8H2,(H,16,18). The Balaban J connectivity index is 1.82. The fraction of sp³-hybridized carbons (Fsp3) is 0.500. The molecule has 1 aromatic rings. The van der Waals surface area contributed by atoms with Gasteiger partial charge in [-0.1, -0.05) is 12.8 Å². The highest BCUT2D eigenvalue weighted by molar-refractivity contribution is 9.10. The van der Waals surface area contributed by atoms with E-state index in [0.29, 0.717) is 23.7 Å². The number of benzene rings is 1. The van der Waals surface area contributed by atoms with Crippen LogP contribution in [0.2, 0.25) is 0 Å². The van der Waals surface area contributed by atoms with Crippen LogP contribution in [0.1, 0.15) is 36.0 Å². The highest BCUT2D eigenvalue weighted by atomic mass is 79.9. The zero-order chi connectivity index (χ0) is 15.2. The van der Waals surface area contributed by atoms with Gasteiger partial charge in [-0.25, -0.2) is 0 Å². The number of nitro benzene ring substituents is 1. The molecule has 21 heavy (non-hydrogen) atoms. The third kappa shape index (κ3) is 4.50. The molecule has 7 heteroatoms. The van der Waals surface area contributed by atoms with Crippen molar-refractivity contribution in [2.75, 3.05) is 13.2 Å². The second-order valence-corrected chi connectivity index (χ2v) is 5.81. The first-order valence-corrected chi connectivity index (χ1v) is 7.71. The van der Waals surface area contributed by atoms with Gasteiger partial charge in [-0.2, -0.15) is 0 Å². The highest BCUT2D eigenvalue weighted by Crippen LogP contribution is 2.25. The van der Waals surface area contributed by atoms with Crippen molar-refractivity contribution in [1.29, 1.82) is 0 Å². The number of ether oxygens (including phenoxy) is 1. The Morgan fingerprint density at radius 1 is 1.43 bits per heavy atom. The Morgan fingerprint density at radius 3 is 2.81 bits per heavy atom. The van der Waals surface area contributed by atoms with Crippen molar-refractivity contribution >= 4 is 27.5 Å². The van der Waals surface area contributed by atoms with Crippen molar-refractivity contribution in [3.8, 4) is 0 Å². The molecule has 0 unspecified atom stereocenters. The quantitative estimate of drug-likeness (QED) is 0.482. The number of halogens is 1. The molecule has 1 aromatic carbocycles. The van der Waals surface area contributed by atoms with Gasteiger partial charge in [-0.3, -0.25) is 14.9 Å². The fourth-order valence-electron chi connectivity index (χ4n) is 2.34. The van der Waals surface area contributed by atoms with Gasteiger partial charge in [0.2, 0.25) is 0 Å². The monoisotopic (exact) mass is 356 g/mol. The topological polar surface area (TPSA) is 81.5 Å². The van der Waals surface area contributed by atoms with Gasteiger partial charge in [-0.05, 0) is 40.9 Å². The molecule has 0 radical (unpaired) electrons. The minimum atomic E-state index is -0.524. The normalized spacial score (nSPS) is 15.1. The molecule has 1 aliphatic carbocycles. The Morgan fingerprint density at radius 2 is 2.14 bits per heavy atom. The SMILES string of the molecule is O=C(NCCOC1CCCC1)c1ccc(Br)c([N+](=O)[O-])c1. The van der Waals surface area contributed by atoms with E-state index in [9.17, 15) is 14.9 Å². The van der Waals surface area contributed by atoms with E-state index < -0.39 is 4.92 Å². The predicted octanol–water partition coefficient (Wildman–Crippen LogP) is 3.05. The van der Waals surface area contributed by atoms with Crippen LogP contribution >= 0.6 is 15.9 Å². The van der Waals surface area contributed by atoms with Crippen molar-refractivity contribution < 1.29 is 14.5 Å². The van der Waals surface area contributed by atoms with Crippen LogP contribution in [0.5, 0.6) is 0 Å². The summed E-state index contributed by atoms with van der Waals surface area (Å²) in [6.07, 6.45) is 4.91. The first kappa shape index (κ1) is 15.9. The number of nitrogens with one attached hydrogen (secondary N) is 1. The van der Waals surface area contributed by atoms with Crippen molar-refractivity contribution in [2.45, 2.75) is 31.8 Å². The molecule has 0 spiro atoms. The molecule has 0 aromatic heterocycles. The summed E-state index contributed by atoms with van der Waals surface area (Å²) in [7, 11) is 0. The maximum atomic E-state index is 11.9. The number of hydrogen-bond donors (Lipinski definition) is 1. The lowest BCUT2D eigenvalue weighted by Gasteiger charge is -2.11. The van der Waals surface area contributed by atoms with Crippen LogP contribution < -0.4 is 5.32 Å². The van der Waals surface area contributed by atoms with Crippen LogP contribution in [0.25, 0.3) is 0 Å². The number of carbonyl (C=O) groups excluding carboxylic acids is 1. The van der Waals surface area contributed by atoms with Crippen LogP contribution in [0, 0.1) is 10.1 Å². The van der Waals surface area contributed by atoms with Crippen molar-refractivity contribution in [1.82, 2.24) is 5.32 Å². The number of rotatable bonds is 6. The molecule has 2 rings (SSSR count). The molecule has 1 N–H and O–H groups in total. The van der Waals surface area contributed by atoms with E-state index >= 15 is 0 Å². The Kier molecular flexibility index (Phi) is 5.69. The third-order valence-electron chi connectivity index (χ3n) is 3.45. The van der Waals surface area contributed by atoms with Gasteiger partial charge >= 0.3 is 0 Å². The summed E-state index contributed by atoms with van der Waals surface area (Å²) in [5.74, 6) is -0.333. The smallest absolute Gasteiger partial charge is 0.284 e. The molecular weight excluding hydrogens is 340 g/mol. The fourth-order valence-corrected chi connectivity index (χ4v) is 2.73. The third-order valence-corrected chi connectivity index (χ3v) is 4.12. The van der Waals surface area contributed by atoms with Gasteiger partial charge in [0.1, 0.15) is 0 Å². The number of nitro groups is 1. The number of carbonyl (C=O) groups is 1. The lowest BCUT2D eigenvalue weighted by atomic mass is 10.2. The van der Waals surface area contributed by atoms with Gasteiger partial charge in [0.05, 0.1) is 22.1 Å². The molecule has 1 fully saturated rings. The predicted molar refractivity (Wildman–Crippen MR) is 81.3 cm³/mol. The summed E-state index contributed by atoms with van der Waals surface area (Å²) in [4.78, 5) is 22.2.